The highest BCUT2D eigenvalue weighted by Crippen LogP contribution is 2.25. The van der Waals surface area contributed by atoms with E-state index in [1.54, 1.807) is 30.3 Å². The highest BCUT2D eigenvalue weighted by molar-refractivity contribution is 7.92. The fraction of sp³-hybridized carbons (Fsp3) is 0.300. The van der Waals surface area contributed by atoms with Gasteiger partial charge in [0.1, 0.15) is 0 Å². The van der Waals surface area contributed by atoms with Gasteiger partial charge in [-0.1, -0.05) is 31.5 Å². The monoisotopic (exact) mass is 476 g/mol. The van der Waals surface area contributed by atoms with Crippen molar-refractivity contribution in [1.82, 2.24) is 0 Å². The number of benzene rings is 2. The van der Waals surface area contributed by atoms with Gasteiger partial charge in [-0.2, -0.15) is 13.2 Å². The Balaban J connectivity index is 0.000000633. The molecular formula is C20H23F3N2O6S. The fourth-order valence-electron chi connectivity index (χ4n) is 2.43. The summed E-state index contributed by atoms with van der Waals surface area (Å²) in [4.78, 5) is 22.5. The number of unbranched alkanes of at least 4 members (excludes halogenated alkanes) is 1. The topological polar surface area (TPSA) is 124 Å². The summed E-state index contributed by atoms with van der Waals surface area (Å²) in [6.45, 7) is 2.79. The van der Waals surface area contributed by atoms with Gasteiger partial charge in [0.2, 0.25) is 0 Å². The first kappa shape index (κ1) is 26.8. The van der Waals surface area contributed by atoms with Crippen LogP contribution in [-0.4, -0.2) is 50.3 Å². The number of hydrogen-bond acceptors (Lipinski definition) is 5. The normalized spacial score (nSPS) is 11.2. The molecule has 0 radical (unpaired) electrons. The van der Waals surface area contributed by atoms with Crippen LogP contribution < -0.4 is 9.62 Å². The van der Waals surface area contributed by atoms with Gasteiger partial charge >= 0.3 is 18.1 Å². The second kappa shape index (κ2) is 11.4. The number of nitrogens with one attached hydrogen (secondary N) is 1. The minimum absolute atomic E-state index is 0.0619. The third-order valence-corrected chi connectivity index (χ3v) is 5.43. The van der Waals surface area contributed by atoms with Crippen molar-refractivity contribution in [1.29, 1.82) is 0 Å². The zero-order chi connectivity index (χ0) is 24.5. The number of sulfonamides is 1. The molecule has 0 amide bonds. The summed E-state index contributed by atoms with van der Waals surface area (Å²) in [5.41, 5.74) is 0.837. The molecule has 0 bridgehead atoms. The summed E-state index contributed by atoms with van der Waals surface area (Å²) in [5.74, 6) is -3.85. The van der Waals surface area contributed by atoms with Crippen molar-refractivity contribution in [3.8, 4) is 0 Å². The Hall–Kier alpha value is -3.28. The number of halogens is 3. The Kier molecular flexibility index (Phi) is 9.51. The first-order chi connectivity index (χ1) is 14.8. The molecule has 0 aromatic heterocycles. The summed E-state index contributed by atoms with van der Waals surface area (Å²) >= 11 is 0. The van der Waals surface area contributed by atoms with Crippen LogP contribution in [0.25, 0.3) is 0 Å². The molecule has 0 unspecified atom stereocenters. The van der Waals surface area contributed by atoms with Crippen molar-refractivity contribution >= 4 is 33.3 Å². The maximum Gasteiger partial charge on any atom is 0.490 e. The lowest BCUT2D eigenvalue weighted by Crippen LogP contribution is -2.21. The number of anilines is 2. The van der Waals surface area contributed by atoms with E-state index in [9.17, 15) is 31.5 Å². The minimum Gasteiger partial charge on any atom is -0.478 e. The number of nitrogens with zero attached hydrogens (tertiary/aromatic N) is 1. The van der Waals surface area contributed by atoms with E-state index in [-0.39, 0.29) is 16.1 Å². The average Bonchev–Trinajstić information content (AvgIpc) is 2.72. The lowest BCUT2D eigenvalue weighted by Gasteiger charge is -2.21. The van der Waals surface area contributed by atoms with Crippen molar-refractivity contribution in [2.75, 3.05) is 23.2 Å². The quantitative estimate of drug-likeness (QED) is 0.525. The SMILES string of the molecule is CCCCN(C)c1ccc(NS(=O)(=O)c2ccccc2)cc1C(=O)O.O=C(O)C(F)(F)F. The number of carbonyl (C=O) groups is 2. The van der Waals surface area contributed by atoms with Crippen LogP contribution in [0.1, 0.15) is 30.1 Å². The van der Waals surface area contributed by atoms with E-state index in [1.165, 1.54) is 18.2 Å². The van der Waals surface area contributed by atoms with Gasteiger partial charge in [0.25, 0.3) is 10.0 Å². The number of carboxylic acids is 2. The molecule has 0 saturated heterocycles. The van der Waals surface area contributed by atoms with Crippen molar-refractivity contribution in [2.24, 2.45) is 0 Å². The van der Waals surface area contributed by atoms with Crippen LogP contribution in [0.3, 0.4) is 0 Å². The molecule has 8 nitrogen and oxygen atoms in total. The van der Waals surface area contributed by atoms with Crippen LogP contribution in [-0.2, 0) is 14.8 Å². The standard InChI is InChI=1S/C18H22N2O4S.C2HF3O2/c1-3-4-12-20(2)17-11-10-14(13-16(17)18(21)22)19-25(23,24)15-8-6-5-7-9-15;3-2(4,5)1(6)7/h5-11,13,19H,3-4,12H2,1-2H3,(H,21,22);(H,6,7). The van der Waals surface area contributed by atoms with Gasteiger partial charge in [-0.15, -0.1) is 0 Å². The highest BCUT2D eigenvalue weighted by Gasteiger charge is 2.38. The molecule has 0 saturated carbocycles. The molecule has 0 aliphatic carbocycles. The van der Waals surface area contributed by atoms with E-state index < -0.39 is 28.1 Å². The van der Waals surface area contributed by atoms with Crippen LogP contribution in [0, 0.1) is 0 Å². The molecule has 32 heavy (non-hydrogen) atoms. The van der Waals surface area contributed by atoms with Crippen molar-refractivity contribution in [3.63, 3.8) is 0 Å². The number of alkyl halides is 3. The van der Waals surface area contributed by atoms with Crippen LogP contribution >= 0.6 is 0 Å². The summed E-state index contributed by atoms with van der Waals surface area (Å²) in [6, 6.07) is 12.5. The maximum absolute atomic E-state index is 12.4. The average molecular weight is 476 g/mol. The third-order valence-electron chi connectivity index (χ3n) is 4.03. The Morgan fingerprint density at radius 2 is 1.62 bits per heavy atom. The molecule has 0 heterocycles. The number of hydrogen-bond donors (Lipinski definition) is 3. The van der Waals surface area contributed by atoms with Gasteiger partial charge in [0.05, 0.1) is 16.1 Å². The molecule has 176 valence electrons. The van der Waals surface area contributed by atoms with Crippen molar-refractivity contribution in [2.45, 2.75) is 30.8 Å². The summed E-state index contributed by atoms with van der Waals surface area (Å²) < 4.78 is 58.9. The maximum atomic E-state index is 12.4. The molecular weight excluding hydrogens is 453 g/mol. The van der Waals surface area contributed by atoms with E-state index in [2.05, 4.69) is 11.6 Å². The first-order valence-corrected chi connectivity index (χ1v) is 10.7. The predicted octanol–water partition coefficient (Wildman–Crippen LogP) is 4.06. The Morgan fingerprint density at radius 1 is 1.06 bits per heavy atom. The smallest absolute Gasteiger partial charge is 0.478 e. The minimum atomic E-state index is -5.08. The van der Waals surface area contributed by atoms with Gasteiger partial charge in [0, 0.05) is 19.3 Å². The molecule has 12 heteroatoms. The number of carboxylic acid groups (broad SMARTS) is 2. The predicted molar refractivity (Wildman–Crippen MR) is 113 cm³/mol. The third kappa shape index (κ3) is 8.10. The molecule has 2 aromatic carbocycles. The molecule has 0 atom stereocenters. The lowest BCUT2D eigenvalue weighted by molar-refractivity contribution is -0.192. The Morgan fingerprint density at radius 3 is 2.09 bits per heavy atom. The Bertz CT molecular complexity index is 1030. The van der Waals surface area contributed by atoms with Crippen LogP contribution in [0.4, 0.5) is 24.5 Å². The summed E-state index contributed by atoms with van der Waals surface area (Å²) in [5, 5.41) is 16.6. The molecule has 3 N–H and O–H groups in total. The van der Waals surface area contributed by atoms with E-state index >= 15 is 0 Å². The second-order valence-corrected chi connectivity index (χ2v) is 8.22. The van der Waals surface area contributed by atoms with Crippen molar-refractivity contribution < 1.29 is 41.4 Å². The number of aliphatic carboxylic acids is 1. The summed E-state index contributed by atoms with van der Waals surface area (Å²) in [7, 11) is -1.93. The van der Waals surface area contributed by atoms with Gasteiger partial charge in [-0.3, -0.25) is 4.72 Å². The largest absolute Gasteiger partial charge is 0.490 e. The van der Waals surface area contributed by atoms with Gasteiger partial charge in [0.15, 0.2) is 0 Å². The Labute approximate surface area is 183 Å². The zero-order valence-electron chi connectivity index (χ0n) is 17.3. The molecule has 2 aromatic rings. The van der Waals surface area contributed by atoms with E-state index in [1.807, 2.05) is 11.9 Å². The molecule has 0 spiro atoms. The van der Waals surface area contributed by atoms with Crippen molar-refractivity contribution in [3.05, 3.63) is 54.1 Å². The van der Waals surface area contributed by atoms with E-state index in [4.69, 9.17) is 9.90 Å². The molecule has 0 fully saturated rings. The molecule has 0 aliphatic heterocycles. The van der Waals surface area contributed by atoms with E-state index in [0.717, 1.165) is 19.4 Å². The number of aromatic carboxylic acids is 1. The van der Waals surface area contributed by atoms with Crippen LogP contribution in [0.5, 0.6) is 0 Å². The van der Waals surface area contributed by atoms with Crippen LogP contribution in [0.2, 0.25) is 0 Å². The first-order valence-electron chi connectivity index (χ1n) is 9.26. The van der Waals surface area contributed by atoms with Crippen LogP contribution in [0.15, 0.2) is 53.4 Å². The fourth-order valence-corrected chi connectivity index (χ4v) is 3.50. The van der Waals surface area contributed by atoms with Gasteiger partial charge < -0.3 is 15.1 Å². The van der Waals surface area contributed by atoms with Gasteiger partial charge in [-0.25, -0.2) is 18.0 Å². The summed E-state index contributed by atoms with van der Waals surface area (Å²) in [6.07, 6.45) is -3.14. The lowest BCUT2D eigenvalue weighted by atomic mass is 10.1. The highest BCUT2D eigenvalue weighted by atomic mass is 32.2. The zero-order valence-corrected chi connectivity index (χ0v) is 18.1. The van der Waals surface area contributed by atoms with Gasteiger partial charge in [-0.05, 0) is 36.8 Å². The molecule has 2 rings (SSSR count). The number of rotatable bonds is 8. The second-order valence-electron chi connectivity index (χ2n) is 6.53. The molecule has 0 aliphatic rings. The van der Waals surface area contributed by atoms with E-state index in [0.29, 0.717) is 5.69 Å².